The number of nitrogens with zero attached hydrogens (tertiary/aromatic N) is 4. The third-order valence-electron chi connectivity index (χ3n) is 4.30. The van der Waals surface area contributed by atoms with Gasteiger partial charge in [0.25, 0.3) is 5.91 Å². The number of carbonyl (C=O) groups is 1. The van der Waals surface area contributed by atoms with Crippen molar-refractivity contribution in [3.63, 3.8) is 0 Å². The fraction of sp³-hybridized carbons (Fsp3) is 0.625. The number of anilines is 1. The summed E-state index contributed by atoms with van der Waals surface area (Å²) in [6.45, 7) is 1.75. The van der Waals surface area contributed by atoms with Gasteiger partial charge in [0, 0.05) is 53.6 Å². The molecule has 0 aliphatic carbocycles. The van der Waals surface area contributed by atoms with Gasteiger partial charge < -0.3 is 14.5 Å². The molecule has 1 amide bonds. The second-order valence-electron chi connectivity index (χ2n) is 6.30. The zero-order chi connectivity index (χ0) is 17.1. The number of halogens is 1. The summed E-state index contributed by atoms with van der Waals surface area (Å²) >= 11 is 6.34. The fourth-order valence-electron chi connectivity index (χ4n) is 2.90. The van der Waals surface area contributed by atoms with Crippen molar-refractivity contribution in [3.05, 3.63) is 22.8 Å². The van der Waals surface area contributed by atoms with E-state index in [1.54, 1.807) is 33.5 Å². The zero-order valence-electron chi connectivity index (χ0n) is 14.4. The molecule has 7 heteroatoms. The van der Waals surface area contributed by atoms with Crippen LogP contribution in [0.5, 0.6) is 0 Å². The quantitative estimate of drug-likeness (QED) is 0.814. The molecule has 1 aromatic heterocycles. The fourth-order valence-corrected chi connectivity index (χ4v) is 3.21. The molecule has 1 fully saturated rings. The minimum Gasteiger partial charge on any atom is -0.380 e. The van der Waals surface area contributed by atoms with Gasteiger partial charge in [-0.2, -0.15) is 0 Å². The molecule has 0 spiro atoms. The Kier molecular flexibility index (Phi) is 5.84. The van der Waals surface area contributed by atoms with Crippen molar-refractivity contribution in [1.29, 1.82) is 0 Å². The molecule has 1 aromatic rings. The SMILES string of the molecule is CO[C@H]1C[C@@H](CN(C)c2ncc(C(=O)N(C)C)cc2Cl)N(C)C1. The number of aromatic nitrogens is 1. The predicted octanol–water partition coefficient (Wildman–Crippen LogP) is 1.59. The normalized spacial score (nSPS) is 21.5. The second-order valence-corrected chi connectivity index (χ2v) is 6.70. The zero-order valence-corrected chi connectivity index (χ0v) is 15.2. The number of hydrogen-bond acceptors (Lipinski definition) is 5. The molecule has 2 heterocycles. The molecule has 1 saturated heterocycles. The number of amides is 1. The maximum atomic E-state index is 12.0. The van der Waals surface area contributed by atoms with Crippen LogP contribution in [0, 0.1) is 0 Å². The Morgan fingerprint density at radius 2 is 2.17 bits per heavy atom. The highest BCUT2D eigenvalue weighted by Crippen LogP contribution is 2.26. The van der Waals surface area contributed by atoms with E-state index >= 15 is 0 Å². The van der Waals surface area contributed by atoms with Gasteiger partial charge in [-0.25, -0.2) is 4.98 Å². The molecule has 1 aliphatic rings. The minimum atomic E-state index is -0.105. The van der Waals surface area contributed by atoms with Crippen LogP contribution >= 0.6 is 11.6 Å². The van der Waals surface area contributed by atoms with Crippen molar-refractivity contribution in [2.75, 3.05) is 53.3 Å². The number of methoxy groups -OCH3 is 1. The lowest BCUT2D eigenvalue weighted by atomic mass is 10.2. The van der Waals surface area contributed by atoms with Crippen molar-refractivity contribution in [3.8, 4) is 0 Å². The highest BCUT2D eigenvalue weighted by atomic mass is 35.5. The maximum Gasteiger partial charge on any atom is 0.254 e. The Balaban J connectivity index is 2.08. The first-order valence-electron chi connectivity index (χ1n) is 7.64. The molecule has 1 aliphatic heterocycles. The summed E-state index contributed by atoms with van der Waals surface area (Å²) in [7, 11) is 9.24. The maximum absolute atomic E-state index is 12.0. The van der Waals surface area contributed by atoms with Crippen LogP contribution < -0.4 is 4.90 Å². The number of likely N-dealkylation sites (N-methyl/N-ethyl adjacent to an activating group) is 2. The number of likely N-dealkylation sites (tertiary alicyclic amines) is 1. The summed E-state index contributed by atoms with van der Waals surface area (Å²) in [5, 5.41) is 0.490. The van der Waals surface area contributed by atoms with Crippen LogP contribution in [0.2, 0.25) is 5.02 Å². The molecule has 6 nitrogen and oxygen atoms in total. The van der Waals surface area contributed by atoms with Crippen LogP contribution in [0.4, 0.5) is 5.82 Å². The smallest absolute Gasteiger partial charge is 0.254 e. The number of pyridine rings is 1. The molecule has 23 heavy (non-hydrogen) atoms. The summed E-state index contributed by atoms with van der Waals surface area (Å²) in [4.78, 5) is 22.2. The molecule has 0 N–H and O–H groups in total. The third-order valence-corrected chi connectivity index (χ3v) is 4.58. The molecule has 0 radical (unpaired) electrons. The lowest BCUT2D eigenvalue weighted by Gasteiger charge is -2.27. The van der Waals surface area contributed by atoms with E-state index in [-0.39, 0.29) is 12.0 Å². The second kappa shape index (κ2) is 7.47. The van der Waals surface area contributed by atoms with Crippen molar-refractivity contribution in [2.24, 2.45) is 0 Å². The standard InChI is InChI=1S/C16H25ClN4O2/c1-19(2)16(22)11-6-14(17)15(18-8-11)21(4)9-12-7-13(23-5)10-20(12)3/h6,8,12-13H,7,9-10H2,1-5H3/t12-,13-/m0/s1. The van der Waals surface area contributed by atoms with E-state index in [0.717, 1.165) is 19.5 Å². The molecule has 0 aromatic carbocycles. The van der Waals surface area contributed by atoms with Gasteiger partial charge in [-0.1, -0.05) is 11.6 Å². The predicted molar refractivity (Wildman–Crippen MR) is 92.4 cm³/mol. The molecule has 0 bridgehead atoms. The molecule has 128 valence electrons. The number of carbonyl (C=O) groups excluding carboxylic acids is 1. The molecular weight excluding hydrogens is 316 g/mol. The van der Waals surface area contributed by atoms with Gasteiger partial charge in [0.15, 0.2) is 0 Å². The van der Waals surface area contributed by atoms with Crippen molar-refractivity contribution >= 4 is 23.3 Å². The largest absolute Gasteiger partial charge is 0.380 e. The Hall–Kier alpha value is -1.37. The highest BCUT2D eigenvalue weighted by Gasteiger charge is 2.30. The molecule has 2 rings (SSSR count). The lowest BCUT2D eigenvalue weighted by Crippen LogP contribution is -2.37. The first-order valence-corrected chi connectivity index (χ1v) is 8.02. The third kappa shape index (κ3) is 4.13. The molecule has 0 unspecified atom stereocenters. The van der Waals surface area contributed by atoms with Crippen LogP contribution in [0.15, 0.2) is 12.3 Å². The Morgan fingerprint density at radius 3 is 2.70 bits per heavy atom. The highest BCUT2D eigenvalue weighted by molar-refractivity contribution is 6.33. The molecule has 2 atom stereocenters. The van der Waals surface area contributed by atoms with Crippen LogP contribution in [0.25, 0.3) is 0 Å². The van der Waals surface area contributed by atoms with Gasteiger partial charge in [0.05, 0.1) is 16.7 Å². The average Bonchev–Trinajstić information content (AvgIpc) is 2.86. The van der Waals surface area contributed by atoms with Gasteiger partial charge in [0.2, 0.25) is 0 Å². The number of hydrogen-bond donors (Lipinski definition) is 0. The Bertz CT molecular complexity index is 567. The van der Waals surface area contributed by atoms with Gasteiger partial charge in [-0.15, -0.1) is 0 Å². The average molecular weight is 341 g/mol. The van der Waals surface area contributed by atoms with Crippen LogP contribution in [-0.4, -0.2) is 81.2 Å². The first kappa shape index (κ1) is 18.0. The van der Waals surface area contributed by atoms with E-state index in [0.29, 0.717) is 22.4 Å². The topological polar surface area (TPSA) is 48.9 Å². The van der Waals surface area contributed by atoms with Crippen LogP contribution in [0.3, 0.4) is 0 Å². The number of rotatable bonds is 5. The summed E-state index contributed by atoms with van der Waals surface area (Å²) in [6.07, 6.45) is 2.85. The van der Waals surface area contributed by atoms with Crippen LogP contribution in [-0.2, 0) is 4.74 Å². The Labute approximate surface area is 143 Å². The van der Waals surface area contributed by atoms with Crippen molar-refractivity contribution in [1.82, 2.24) is 14.8 Å². The van der Waals surface area contributed by atoms with E-state index in [1.165, 1.54) is 4.90 Å². The van der Waals surface area contributed by atoms with E-state index < -0.39 is 0 Å². The molecular formula is C16H25ClN4O2. The minimum absolute atomic E-state index is 0.105. The lowest BCUT2D eigenvalue weighted by molar-refractivity contribution is 0.0827. The van der Waals surface area contributed by atoms with E-state index in [4.69, 9.17) is 16.3 Å². The Morgan fingerprint density at radius 1 is 1.48 bits per heavy atom. The summed E-state index contributed by atoms with van der Waals surface area (Å²) < 4.78 is 5.44. The number of ether oxygens (including phenoxy) is 1. The summed E-state index contributed by atoms with van der Waals surface area (Å²) in [6, 6.07) is 2.07. The van der Waals surface area contributed by atoms with Gasteiger partial charge >= 0.3 is 0 Å². The summed E-state index contributed by atoms with van der Waals surface area (Å²) in [5.41, 5.74) is 0.495. The van der Waals surface area contributed by atoms with E-state index in [1.807, 2.05) is 11.9 Å². The van der Waals surface area contributed by atoms with E-state index in [9.17, 15) is 4.79 Å². The molecule has 0 saturated carbocycles. The van der Waals surface area contributed by atoms with Crippen LogP contribution in [0.1, 0.15) is 16.8 Å². The first-order chi connectivity index (χ1) is 10.8. The summed E-state index contributed by atoms with van der Waals surface area (Å²) in [5.74, 6) is 0.586. The monoisotopic (exact) mass is 340 g/mol. The van der Waals surface area contributed by atoms with Crippen molar-refractivity contribution in [2.45, 2.75) is 18.6 Å². The van der Waals surface area contributed by atoms with Crippen molar-refractivity contribution < 1.29 is 9.53 Å². The van der Waals surface area contributed by atoms with Gasteiger partial charge in [0.1, 0.15) is 5.82 Å². The van der Waals surface area contributed by atoms with Gasteiger partial charge in [-0.05, 0) is 19.5 Å². The van der Waals surface area contributed by atoms with E-state index in [2.05, 4.69) is 16.9 Å². The van der Waals surface area contributed by atoms with Gasteiger partial charge in [-0.3, -0.25) is 9.69 Å².